The molecule has 0 saturated carbocycles. The number of imidazole rings is 1. The molecule has 0 radical (unpaired) electrons. The molecule has 0 aromatic carbocycles. The van der Waals surface area contributed by atoms with Crippen molar-refractivity contribution in [3.05, 3.63) is 17.8 Å². The molecule has 0 atom stereocenters. The standard InChI is InChI=1S/C8H9ClN4O/c1-14-3-2-13-5-12-6-7(9)10-4-11-8(6)13/h4-5H,2-3H2,1H3. The molecule has 0 bridgehead atoms. The van der Waals surface area contributed by atoms with Gasteiger partial charge in [0.2, 0.25) is 0 Å². The Hall–Kier alpha value is -1.20. The second-order valence-electron chi connectivity index (χ2n) is 2.77. The largest absolute Gasteiger partial charge is 0.383 e. The molecule has 0 unspecified atom stereocenters. The first kappa shape index (κ1) is 9.36. The van der Waals surface area contributed by atoms with Crippen LogP contribution in [-0.4, -0.2) is 33.2 Å². The van der Waals surface area contributed by atoms with Gasteiger partial charge in [-0.25, -0.2) is 15.0 Å². The van der Waals surface area contributed by atoms with E-state index in [1.807, 2.05) is 4.57 Å². The van der Waals surface area contributed by atoms with E-state index in [9.17, 15) is 0 Å². The zero-order valence-corrected chi connectivity index (χ0v) is 8.40. The second kappa shape index (κ2) is 3.89. The third kappa shape index (κ3) is 1.56. The van der Waals surface area contributed by atoms with Crippen molar-refractivity contribution in [2.45, 2.75) is 6.54 Å². The summed E-state index contributed by atoms with van der Waals surface area (Å²) < 4.78 is 6.85. The average molecular weight is 213 g/mol. The topological polar surface area (TPSA) is 52.8 Å². The minimum Gasteiger partial charge on any atom is -0.383 e. The molecule has 0 aliphatic heterocycles. The first-order valence-corrected chi connectivity index (χ1v) is 4.51. The van der Waals surface area contributed by atoms with E-state index >= 15 is 0 Å². The van der Waals surface area contributed by atoms with Gasteiger partial charge in [-0.2, -0.15) is 0 Å². The number of ether oxygens (including phenoxy) is 1. The van der Waals surface area contributed by atoms with Crippen molar-refractivity contribution in [1.82, 2.24) is 19.5 Å². The SMILES string of the molecule is COCCn1cnc2c(Cl)ncnc21. The monoisotopic (exact) mass is 212 g/mol. The maximum atomic E-state index is 5.85. The summed E-state index contributed by atoms with van der Waals surface area (Å²) in [6.07, 6.45) is 3.11. The highest BCUT2D eigenvalue weighted by atomic mass is 35.5. The Bertz CT molecular complexity index is 442. The highest BCUT2D eigenvalue weighted by Gasteiger charge is 2.07. The first-order chi connectivity index (χ1) is 6.83. The Kier molecular flexibility index (Phi) is 2.60. The molecule has 0 fully saturated rings. The number of hydrogen-bond donors (Lipinski definition) is 0. The summed E-state index contributed by atoms with van der Waals surface area (Å²) in [5, 5.41) is 0.381. The predicted octanol–water partition coefficient (Wildman–Crippen LogP) is 1.13. The van der Waals surface area contributed by atoms with Gasteiger partial charge in [-0.05, 0) is 0 Å². The fourth-order valence-corrected chi connectivity index (χ4v) is 1.38. The summed E-state index contributed by atoms with van der Waals surface area (Å²) in [5.41, 5.74) is 1.37. The lowest BCUT2D eigenvalue weighted by molar-refractivity contribution is 0.188. The second-order valence-corrected chi connectivity index (χ2v) is 3.13. The number of methoxy groups -OCH3 is 1. The van der Waals surface area contributed by atoms with Crippen LogP contribution < -0.4 is 0 Å². The summed E-state index contributed by atoms with van der Waals surface area (Å²) in [7, 11) is 1.65. The van der Waals surface area contributed by atoms with Crippen LogP contribution in [0.4, 0.5) is 0 Å². The molecule has 5 nitrogen and oxygen atoms in total. The van der Waals surface area contributed by atoms with Gasteiger partial charge in [-0.1, -0.05) is 11.6 Å². The molecule has 74 valence electrons. The Morgan fingerprint density at radius 3 is 3.07 bits per heavy atom. The number of nitrogens with zero attached hydrogens (tertiary/aromatic N) is 4. The van der Waals surface area contributed by atoms with Gasteiger partial charge in [0.05, 0.1) is 12.9 Å². The van der Waals surface area contributed by atoms with Crippen molar-refractivity contribution in [3.63, 3.8) is 0 Å². The van der Waals surface area contributed by atoms with Gasteiger partial charge in [-0.3, -0.25) is 0 Å². The first-order valence-electron chi connectivity index (χ1n) is 4.13. The van der Waals surface area contributed by atoms with Crippen molar-refractivity contribution in [2.75, 3.05) is 13.7 Å². The average Bonchev–Trinajstić information content (AvgIpc) is 2.60. The minimum absolute atomic E-state index is 0.381. The van der Waals surface area contributed by atoms with Gasteiger partial charge in [-0.15, -0.1) is 0 Å². The molecule has 0 spiro atoms. The van der Waals surface area contributed by atoms with Crippen LogP contribution in [0.1, 0.15) is 0 Å². The van der Waals surface area contributed by atoms with Crippen LogP contribution in [0.5, 0.6) is 0 Å². The van der Waals surface area contributed by atoms with E-state index in [0.29, 0.717) is 23.8 Å². The molecule has 0 aliphatic carbocycles. The van der Waals surface area contributed by atoms with Crippen LogP contribution in [0, 0.1) is 0 Å². The van der Waals surface area contributed by atoms with Gasteiger partial charge in [0.1, 0.15) is 11.8 Å². The molecule has 6 heteroatoms. The predicted molar refractivity (Wildman–Crippen MR) is 52.2 cm³/mol. The summed E-state index contributed by atoms with van der Waals surface area (Å²) >= 11 is 5.85. The van der Waals surface area contributed by atoms with E-state index in [-0.39, 0.29) is 0 Å². The van der Waals surface area contributed by atoms with Gasteiger partial charge in [0.15, 0.2) is 10.8 Å². The molecular formula is C8H9ClN4O. The third-order valence-electron chi connectivity index (χ3n) is 1.89. The van der Waals surface area contributed by atoms with Gasteiger partial charge in [0.25, 0.3) is 0 Å². The lowest BCUT2D eigenvalue weighted by Crippen LogP contribution is -2.03. The zero-order valence-electron chi connectivity index (χ0n) is 7.64. The molecule has 2 heterocycles. The molecule has 2 aromatic rings. The van der Waals surface area contributed by atoms with E-state index in [1.54, 1.807) is 13.4 Å². The summed E-state index contributed by atoms with van der Waals surface area (Å²) in [4.78, 5) is 12.1. The lowest BCUT2D eigenvalue weighted by atomic mass is 10.5. The Morgan fingerprint density at radius 1 is 1.43 bits per heavy atom. The summed E-state index contributed by atoms with van der Waals surface area (Å²) in [6, 6.07) is 0. The van der Waals surface area contributed by atoms with Crippen molar-refractivity contribution in [3.8, 4) is 0 Å². The van der Waals surface area contributed by atoms with Crippen molar-refractivity contribution in [1.29, 1.82) is 0 Å². The molecule has 14 heavy (non-hydrogen) atoms. The van der Waals surface area contributed by atoms with Crippen LogP contribution in [0.15, 0.2) is 12.7 Å². The van der Waals surface area contributed by atoms with Crippen molar-refractivity contribution in [2.24, 2.45) is 0 Å². The normalized spacial score (nSPS) is 11.0. The highest BCUT2D eigenvalue weighted by Crippen LogP contribution is 2.16. The smallest absolute Gasteiger partial charge is 0.164 e. The molecule has 2 rings (SSSR count). The molecule has 2 aromatic heterocycles. The van der Waals surface area contributed by atoms with Crippen LogP contribution in [-0.2, 0) is 11.3 Å². The number of aromatic nitrogens is 4. The number of fused-ring (bicyclic) bond motifs is 1. The van der Waals surface area contributed by atoms with Gasteiger partial charge in [0, 0.05) is 13.7 Å². The Morgan fingerprint density at radius 2 is 2.29 bits per heavy atom. The summed E-state index contributed by atoms with van der Waals surface area (Å²) in [6.45, 7) is 1.33. The maximum absolute atomic E-state index is 5.85. The lowest BCUT2D eigenvalue weighted by Gasteiger charge is -2.01. The van der Waals surface area contributed by atoms with E-state index < -0.39 is 0 Å². The molecule has 0 amide bonds. The van der Waals surface area contributed by atoms with E-state index in [4.69, 9.17) is 16.3 Å². The van der Waals surface area contributed by atoms with E-state index in [1.165, 1.54) is 6.33 Å². The fraction of sp³-hybridized carbons (Fsp3) is 0.375. The Labute approximate surface area is 85.7 Å². The van der Waals surface area contributed by atoms with Crippen molar-refractivity contribution < 1.29 is 4.74 Å². The van der Waals surface area contributed by atoms with Crippen molar-refractivity contribution >= 4 is 22.8 Å². The highest BCUT2D eigenvalue weighted by molar-refractivity contribution is 6.33. The molecular weight excluding hydrogens is 204 g/mol. The maximum Gasteiger partial charge on any atom is 0.164 e. The molecule has 0 saturated heterocycles. The van der Waals surface area contributed by atoms with Gasteiger partial charge >= 0.3 is 0 Å². The summed E-state index contributed by atoms with van der Waals surface area (Å²) in [5.74, 6) is 0. The van der Waals surface area contributed by atoms with Crippen LogP contribution in [0.25, 0.3) is 11.2 Å². The zero-order chi connectivity index (χ0) is 9.97. The minimum atomic E-state index is 0.381. The fourth-order valence-electron chi connectivity index (χ4n) is 1.21. The molecule has 0 aliphatic rings. The van der Waals surface area contributed by atoms with Crippen LogP contribution in [0.3, 0.4) is 0 Å². The number of rotatable bonds is 3. The van der Waals surface area contributed by atoms with Gasteiger partial charge < -0.3 is 9.30 Å². The van der Waals surface area contributed by atoms with Crippen LogP contribution >= 0.6 is 11.6 Å². The number of halogens is 1. The Balaban J connectivity index is 2.42. The quantitative estimate of drug-likeness (QED) is 0.716. The van der Waals surface area contributed by atoms with E-state index in [2.05, 4.69) is 15.0 Å². The molecule has 0 N–H and O–H groups in total. The van der Waals surface area contributed by atoms with Crippen LogP contribution in [0.2, 0.25) is 5.15 Å². The third-order valence-corrected chi connectivity index (χ3v) is 2.17. The number of hydrogen-bond acceptors (Lipinski definition) is 4. The van der Waals surface area contributed by atoms with E-state index in [0.717, 1.165) is 5.65 Å².